The molecule has 1 unspecified atom stereocenters. The van der Waals surface area contributed by atoms with Crippen molar-refractivity contribution in [3.05, 3.63) is 29.7 Å². The molecule has 2 aromatic rings. The number of hydrogen-bond acceptors (Lipinski definition) is 8. The summed E-state index contributed by atoms with van der Waals surface area (Å²) in [5.74, 6) is -0.101. The number of amides is 2. The van der Waals surface area contributed by atoms with Gasteiger partial charge in [0.25, 0.3) is 5.91 Å². The molecule has 3 N–H and O–H groups in total. The van der Waals surface area contributed by atoms with Crippen molar-refractivity contribution in [1.82, 2.24) is 10.5 Å². The number of carbonyl (C=O) groups excluding carboxylic acids is 2. The smallest absolute Gasteiger partial charge is 0.405 e. The number of aromatic nitrogens is 1. The number of benzene rings is 1. The standard InChI is InChI=1S/C26H33F2N3O7/c1-25(2,3)26(4,38-24(29)33)20-19(21(32)31-35-13-15-7-8-15)30-22(37-20)16-9-10-17(36-23(27)28)18(11-16)34-12-14-5-6-14/h9-11,14-15,23H,5-8,12-13H2,1-4H3,(H2,29,33)(H,31,32). The van der Waals surface area contributed by atoms with Gasteiger partial charge in [0.05, 0.1) is 13.2 Å². The fourth-order valence-corrected chi connectivity index (χ4v) is 3.66. The second-order valence-corrected chi connectivity index (χ2v) is 10.9. The maximum Gasteiger partial charge on any atom is 0.405 e. The third-order valence-electron chi connectivity index (χ3n) is 6.77. The number of halogens is 2. The summed E-state index contributed by atoms with van der Waals surface area (Å²) >= 11 is 0. The van der Waals surface area contributed by atoms with Crippen molar-refractivity contribution in [3.63, 3.8) is 0 Å². The Balaban J connectivity index is 1.73. The van der Waals surface area contributed by atoms with Crippen molar-refractivity contribution >= 4 is 12.0 Å². The van der Waals surface area contributed by atoms with E-state index in [1.165, 1.54) is 18.2 Å². The van der Waals surface area contributed by atoms with E-state index in [9.17, 15) is 18.4 Å². The number of nitrogens with two attached hydrogens (primary N) is 1. The third kappa shape index (κ3) is 6.53. The van der Waals surface area contributed by atoms with E-state index in [2.05, 4.69) is 15.2 Å². The Morgan fingerprint density at radius 2 is 1.76 bits per heavy atom. The largest absolute Gasteiger partial charge is 0.489 e. The van der Waals surface area contributed by atoms with Gasteiger partial charge in [-0.3, -0.25) is 9.63 Å². The fraction of sp³-hybridized carbons (Fsp3) is 0.577. The molecule has 1 aromatic heterocycles. The monoisotopic (exact) mass is 537 g/mol. The summed E-state index contributed by atoms with van der Waals surface area (Å²) in [5, 5.41) is 0. The molecule has 0 saturated heterocycles. The number of hydroxylamine groups is 1. The van der Waals surface area contributed by atoms with Crippen molar-refractivity contribution in [3.8, 4) is 23.0 Å². The van der Waals surface area contributed by atoms with Gasteiger partial charge < -0.3 is 24.4 Å². The Kier molecular flexibility index (Phi) is 7.82. The Morgan fingerprint density at radius 3 is 2.34 bits per heavy atom. The van der Waals surface area contributed by atoms with Crippen LogP contribution in [-0.2, 0) is 15.2 Å². The van der Waals surface area contributed by atoms with Crippen LogP contribution in [0.15, 0.2) is 22.6 Å². The lowest BCUT2D eigenvalue weighted by Crippen LogP contribution is -2.44. The number of rotatable bonds is 12. The van der Waals surface area contributed by atoms with Gasteiger partial charge in [-0.2, -0.15) is 8.78 Å². The number of carbonyl (C=O) groups is 2. The highest BCUT2D eigenvalue weighted by Gasteiger charge is 2.49. The van der Waals surface area contributed by atoms with E-state index in [-0.39, 0.29) is 28.8 Å². The minimum absolute atomic E-state index is 0.0317. The second kappa shape index (κ2) is 10.8. The van der Waals surface area contributed by atoms with Gasteiger partial charge in [-0.1, -0.05) is 20.8 Å². The SMILES string of the molecule is CC(C)(C)C(C)(OC(N)=O)c1oc(-c2ccc(OC(F)F)c(OCC3CC3)c2)nc1C(=O)NOCC1CC1. The van der Waals surface area contributed by atoms with Crippen LogP contribution in [0.5, 0.6) is 11.5 Å². The lowest BCUT2D eigenvalue weighted by Gasteiger charge is -2.38. The minimum Gasteiger partial charge on any atom is -0.489 e. The maximum absolute atomic E-state index is 13.1. The van der Waals surface area contributed by atoms with Crippen molar-refractivity contribution in [2.75, 3.05) is 13.2 Å². The molecule has 10 nitrogen and oxygen atoms in total. The highest BCUT2D eigenvalue weighted by Crippen LogP contribution is 2.45. The lowest BCUT2D eigenvalue weighted by molar-refractivity contribution is -0.0710. The molecular weight excluding hydrogens is 504 g/mol. The zero-order valence-electron chi connectivity index (χ0n) is 21.8. The van der Waals surface area contributed by atoms with Gasteiger partial charge in [0, 0.05) is 11.0 Å². The van der Waals surface area contributed by atoms with Crippen molar-refractivity contribution in [2.45, 2.75) is 65.6 Å². The lowest BCUT2D eigenvalue weighted by atomic mass is 9.75. The second-order valence-electron chi connectivity index (χ2n) is 10.9. The average molecular weight is 538 g/mol. The molecule has 208 valence electrons. The Hall–Kier alpha value is -3.41. The zero-order valence-corrected chi connectivity index (χ0v) is 21.8. The molecule has 2 fully saturated rings. The molecule has 0 aliphatic heterocycles. The van der Waals surface area contributed by atoms with Crippen LogP contribution in [0.4, 0.5) is 13.6 Å². The third-order valence-corrected chi connectivity index (χ3v) is 6.77. The molecule has 0 spiro atoms. The summed E-state index contributed by atoms with van der Waals surface area (Å²) < 4.78 is 47.8. The fourth-order valence-electron chi connectivity index (χ4n) is 3.66. The van der Waals surface area contributed by atoms with E-state index in [0.717, 1.165) is 25.7 Å². The first-order valence-electron chi connectivity index (χ1n) is 12.5. The van der Waals surface area contributed by atoms with Crippen LogP contribution in [-0.4, -0.2) is 36.8 Å². The number of alkyl halides is 2. The first kappa shape index (κ1) is 27.6. The molecule has 38 heavy (non-hydrogen) atoms. The van der Waals surface area contributed by atoms with Gasteiger partial charge in [0.1, 0.15) is 0 Å². The topological polar surface area (TPSA) is 135 Å². The number of nitrogens with one attached hydrogen (secondary N) is 1. The molecule has 12 heteroatoms. The predicted molar refractivity (Wildman–Crippen MR) is 130 cm³/mol. The van der Waals surface area contributed by atoms with Crippen molar-refractivity contribution in [2.24, 2.45) is 23.0 Å². The van der Waals surface area contributed by atoms with Gasteiger partial charge in [-0.15, -0.1) is 0 Å². The molecule has 0 bridgehead atoms. The quantitative estimate of drug-likeness (QED) is 0.355. The van der Waals surface area contributed by atoms with E-state index >= 15 is 0 Å². The molecule has 2 amide bonds. The van der Waals surface area contributed by atoms with Crippen molar-refractivity contribution in [1.29, 1.82) is 0 Å². The first-order valence-corrected chi connectivity index (χ1v) is 12.5. The van der Waals surface area contributed by atoms with Gasteiger partial charge in [-0.05, 0) is 62.6 Å². The van der Waals surface area contributed by atoms with E-state index in [1.54, 1.807) is 27.7 Å². The van der Waals surface area contributed by atoms with Crippen LogP contribution >= 0.6 is 0 Å². The molecule has 2 aliphatic rings. The summed E-state index contributed by atoms with van der Waals surface area (Å²) in [6.07, 6.45) is 2.99. The van der Waals surface area contributed by atoms with E-state index in [0.29, 0.717) is 30.6 Å². The molecule has 4 rings (SSSR count). The van der Waals surface area contributed by atoms with Crippen LogP contribution in [0, 0.1) is 17.3 Å². The van der Waals surface area contributed by atoms with Crippen LogP contribution in [0.25, 0.3) is 11.5 Å². The molecule has 1 atom stereocenters. The predicted octanol–water partition coefficient (Wildman–Crippen LogP) is 5.16. The summed E-state index contributed by atoms with van der Waals surface area (Å²) in [5.41, 5.74) is 5.58. The molecule has 1 aromatic carbocycles. The summed E-state index contributed by atoms with van der Waals surface area (Å²) in [4.78, 5) is 34.7. The Bertz CT molecular complexity index is 1170. The molecular formula is C26H33F2N3O7. The Morgan fingerprint density at radius 1 is 1.11 bits per heavy atom. The van der Waals surface area contributed by atoms with Gasteiger partial charge in [-0.25, -0.2) is 15.3 Å². The number of oxazole rings is 1. The van der Waals surface area contributed by atoms with Crippen LogP contribution in [0.2, 0.25) is 0 Å². The molecule has 1 heterocycles. The average Bonchev–Trinajstić information content (AvgIpc) is 3.75. The van der Waals surface area contributed by atoms with Gasteiger partial charge >= 0.3 is 12.7 Å². The zero-order chi connectivity index (χ0) is 27.7. The van der Waals surface area contributed by atoms with E-state index in [1.807, 2.05) is 0 Å². The molecule has 0 radical (unpaired) electrons. The Labute approximate surface area is 219 Å². The summed E-state index contributed by atoms with van der Waals surface area (Å²) in [6, 6.07) is 4.21. The molecule has 2 saturated carbocycles. The summed E-state index contributed by atoms with van der Waals surface area (Å²) in [7, 11) is 0. The van der Waals surface area contributed by atoms with Crippen molar-refractivity contribution < 1.29 is 41.8 Å². The van der Waals surface area contributed by atoms with Crippen LogP contribution in [0.3, 0.4) is 0 Å². The first-order chi connectivity index (χ1) is 17.9. The van der Waals surface area contributed by atoms with E-state index in [4.69, 9.17) is 24.5 Å². The summed E-state index contributed by atoms with van der Waals surface area (Å²) in [6.45, 7) is 4.57. The van der Waals surface area contributed by atoms with Crippen LogP contribution < -0.4 is 20.7 Å². The normalized spacial score (nSPS) is 17.1. The van der Waals surface area contributed by atoms with Crippen LogP contribution in [0.1, 0.15) is 69.6 Å². The highest BCUT2D eigenvalue weighted by atomic mass is 19.3. The minimum atomic E-state index is -3.04. The maximum atomic E-state index is 13.1. The molecule has 2 aliphatic carbocycles. The van der Waals surface area contributed by atoms with E-state index < -0.39 is 29.6 Å². The number of hydrogen-bond donors (Lipinski definition) is 2. The number of nitrogens with zero attached hydrogens (tertiary/aromatic N) is 1. The number of primary amides is 1. The van der Waals surface area contributed by atoms with Gasteiger partial charge in [0.2, 0.25) is 5.89 Å². The highest BCUT2D eigenvalue weighted by molar-refractivity contribution is 5.93. The number of ether oxygens (including phenoxy) is 3. The van der Waals surface area contributed by atoms with Gasteiger partial charge in [0.15, 0.2) is 28.6 Å².